The summed E-state index contributed by atoms with van der Waals surface area (Å²) in [6.07, 6.45) is 2.68. The summed E-state index contributed by atoms with van der Waals surface area (Å²) in [6.45, 7) is 1.67. The number of rotatable bonds is 5. The van der Waals surface area contributed by atoms with Crippen LogP contribution in [0.1, 0.15) is 38.2 Å². The molecule has 0 saturated carbocycles. The summed E-state index contributed by atoms with van der Waals surface area (Å²) in [4.78, 5) is 11.4. The number of methoxy groups -OCH3 is 1. The van der Waals surface area contributed by atoms with Gasteiger partial charge in [-0.2, -0.15) is 0 Å². The van der Waals surface area contributed by atoms with Crippen molar-refractivity contribution in [2.75, 3.05) is 7.11 Å². The molecule has 5 heteroatoms. The molecule has 2 N–H and O–H groups in total. The average molecular weight is 294 g/mol. The van der Waals surface area contributed by atoms with Crippen molar-refractivity contribution >= 4 is 5.97 Å². The van der Waals surface area contributed by atoms with Gasteiger partial charge in [0.15, 0.2) is 11.5 Å². The minimum absolute atomic E-state index is 0.0681. The van der Waals surface area contributed by atoms with Crippen LogP contribution in [-0.4, -0.2) is 35.0 Å². The van der Waals surface area contributed by atoms with Crippen LogP contribution in [0.2, 0.25) is 0 Å². The number of phenolic OH excluding ortho intramolecular Hbond substituents is 1. The van der Waals surface area contributed by atoms with Crippen molar-refractivity contribution in [3.8, 4) is 11.5 Å². The number of aromatic hydroxyl groups is 1. The number of phenols is 1. The van der Waals surface area contributed by atoms with Crippen molar-refractivity contribution in [3.63, 3.8) is 0 Å². The van der Waals surface area contributed by atoms with Gasteiger partial charge in [-0.3, -0.25) is 4.79 Å². The Morgan fingerprint density at radius 2 is 2.24 bits per heavy atom. The second-order valence-corrected chi connectivity index (χ2v) is 5.89. The molecule has 2 unspecified atom stereocenters. The van der Waals surface area contributed by atoms with E-state index in [-0.39, 0.29) is 24.2 Å². The van der Waals surface area contributed by atoms with Gasteiger partial charge >= 0.3 is 5.97 Å². The molecule has 1 aliphatic rings. The third-order valence-corrected chi connectivity index (χ3v) is 3.73. The fourth-order valence-corrected chi connectivity index (χ4v) is 2.72. The van der Waals surface area contributed by atoms with Crippen LogP contribution in [0.3, 0.4) is 0 Å². The minimum Gasteiger partial charge on any atom is -0.504 e. The average Bonchev–Trinajstić information content (AvgIpc) is 2.38. The lowest BCUT2D eigenvalue weighted by Gasteiger charge is -2.33. The first-order valence-corrected chi connectivity index (χ1v) is 7.17. The number of hydrogen-bond donors (Lipinski definition) is 2. The predicted molar refractivity (Wildman–Crippen MR) is 77.3 cm³/mol. The van der Waals surface area contributed by atoms with Crippen LogP contribution in [0.25, 0.3) is 0 Å². The summed E-state index contributed by atoms with van der Waals surface area (Å²) in [5, 5.41) is 19.5. The number of aliphatic hydroxyl groups is 1. The number of cyclic esters (lactones) is 1. The van der Waals surface area contributed by atoms with Crippen LogP contribution in [0.5, 0.6) is 11.5 Å². The fraction of sp³-hybridized carbons (Fsp3) is 0.562. The number of hydrogen-bond acceptors (Lipinski definition) is 5. The molecule has 1 fully saturated rings. The first kappa shape index (κ1) is 15.6. The van der Waals surface area contributed by atoms with Crippen molar-refractivity contribution in [1.82, 2.24) is 0 Å². The fourth-order valence-electron chi connectivity index (χ4n) is 2.72. The molecule has 1 aromatic rings. The van der Waals surface area contributed by atoms with Gasteiger partial charge in [-0.25, -0.2) is 0 Å². The van der Waals surface area contributed by atoms with Gasteiger partial charge in [-0.05, 0) is 43.9 Å². The van der Waals surface area contributed by atoms with Crippen molar-refractivity contribution in [2.24, 2.45) is 0 Å². The zero-order chi connectivity index (χ0) is 15.5. The lowest BCUT2D eigenvalue weighted by Crippen LogP contribution is -2.40. The van der Waals surface area contributed by atoms with Crippen molar-refractivity contribution in [2.45, 2.75) is 50.7 Å². The van der Waals surface area contributed by atoms with Crippen molar-refractivity contribution in [1.29, 1.82) is 0 Å². The topological polar surface area (TPSA) is 76.0 Å². The normalized spacial score (nSPS) is 25.5. The Bertz CT molecular complexity index is 509. The molecule has 0 amide bonds. The molecule has 21 heavy (non-hydrogen) atoms. The molecule has 0 radical (unpaired) electrons. The number of aryl methyl sites for hydroxylation is 1. The van der Waals surface area contributed by atoms with Crippen molar-refractivity contribution in [3.05, 3.63) is 23.8 Å². The van der Waals surface area contributed by atoms with Gasteiger partial charge in [-0.1, -0.05) is 6.07 Å². The summed E-state index contributed by atoms with van der Waals surface area (Å²) in [5.74, 6) is 0.251. The van der Waals surface area contributed by atoms with Crippen LogP contribution < -0.4 is 4.74 Å². The number of carbonyl (C=O) groups excluding carboxylic acids is 1. The maximum Gasteiger partial charge on any atom is 0.308 e. The quantitative estimate of drug-likeness (QED) is 0.814. The Morgan fingerprint density at radius 1 is 1.48 bits per heavy atom. The largest absolute Gasteiger partial charge is 0.504 e. The highest BCUT2D eigenvalue weighted by Gasteiger charge is 2.35. The highest BCUT2D eigenvalue weighted by molar-refractivity contribution is 5.71. The molecule has 1 aliphatic heterocycles. The Labute approximate surface area is 124 Å². The maximum atomic E-state index is 11.4. The molecule has 1 aromatic carbocycles. The molecule has 0 aromatic heterocycles. The van der Waals surface area contributed by atoms with Crippen LogP contribution in [0, 0.1) is 0 Å². The van der Waals surface area contributed by atoms with E-state index in [2.05, 4.69) is 0 Å². The van der Waals surface area contributed by atoms with Gasteiger partial charge in [0.25, 0.3) is 0 Å². The second kappa shape index (κ2) is 6.35. The van der Waals surface area contributed by atoms with Gasteiger partial charge in [0.1, 0.15) is 6.10 Å². The van der Waals surface area contributed by atoms with E-state index in [4.69, 9.17) is 9.47 Å². The zero-order valence-electron chi connectivity index (χ0n) is 12.5. The molecule has 1 heterocycles. The predicted octanol–water partition coefficient (Wildman–Crippen LogP) is 2.18. The minimum atomic E-state index is -0.957. The van der Waals surface area contributed by atoms with E-state index in [1.54, 1.807) is 19.1 Å². The molecule has 2 rings (SSSR count). The molecule has 116 valence electrons. The molecular weight excluding hydrogens is 272 g/mol. The van der Waals surface area contributed by atoms with Gasteiger partial charge in [-0.15, -0.1) is 0 Å². The van der Waals surface area contributed by atoms with Crippen LogP contribution in [-0.2, 0) is 16.0 Å². The third-order valence-electron chi connectivity index (χ3n) is 3.73. The Kier molecular flexibility index (Phi) is 4.73. The van der Waals surface area contributed by atoms with Crippen LogP contribution in [0.15, 0.2) is 18.2 Å². The maximum absolute atomic E-state index is 11.4. The van der Waals surface area contributed by atoms with Crippen molar-refractivity contribution < 1.29 is 24.5 Å². The zero-order valence-corrected chi connectivity index (χ0v) is 12.5. The summed E-state index contributed by atoms with van der Waals surface area (Å²) >= 11 is 0. The first-order valence-electron chi connectivity index (χ1n) is 7.17. The van der Waals surface area contributed by atoms with Gasteiger partial charge in [0, 0.05) is 6.42 Å². The summed E-state index contributed by atoms with van der Waals surface area (Å²) < 4.78 is 10.3. The van der Waals surface area contributed by atoms with E-state index in [1.165, 1.54) is 7.11 Å². The molecule has 1 saturated heterocycles. The van der Waals surface area contributed by atoms with E-state index in [0.717, 1.165) is 18.4 Å². The van der Waals surface area contributed by atoms with Crippen LogP contribution in [0.4, 0.5) is 0 Å². The molecule has 5 nitrogen and oxygen atoms in total. The lowest BCUT2D eigenvalue weighted by molar-refractivity contribution is -0.168. The summed E-state index contributed by atoms with van der Waals surface area (Å²) in [7, 11) is 1.52. The molecule has 0 aliphatic carbocycles. The van der Waals surface area contributed by atoms with Gasteiger partial charge in [0.2, 0.25) is 0 Å². The number of esters is 1. The van der Waals surface area contributed by atoms with E-state index >= 15 is 0 Å². The highest BCUT2D eigenvalue weighted by atomic mass is 16.5. The molecule has 0 bridgehead atoms. The number of carbonyl (C=O) groups is 1. The Hall–Kier alpha value is -1.75. The Balaban J connectivity index is 1.85. The van der Waals surface area contributed by atoms with Gasteiger partial charge in [0.05, 0.1) is 19.1 Å². The van der Waals surface area contributed by atoms with E-state index < -0.39 is 5.60 Å². The second-order valence-electron chi connectivity index (χ2n) is 5.89. The van der Waals surface area contributed by atoms with Crippen LogP contribution >= 0.6 is 0 Å². The highest BCUT2D eigenvalue weighted by Crippen LogP contribution is 2.29. The van der Waals surface area contributed by atoms with E-state index in [9.17, 15) is 15.0 Å². The smallest absolute Gasteiger partial charge is 0.308 e. The molecular formula is C16H22O5. The van der Waals surface area contributed by atoms with E-state index in [0.29, 0.717) is 18.6 Å². The summed E-state index contributed by atoms with van der Waals surface area (Å²) in [6, 6.07) is 5.26. The summed E-state index contributed by atoms with van der Waals surface area (Å²) in [5.41, 5.74) is 0.0976. The monoisotopic (exact) mass is 294 g/mol. The Morgan fingerprint density at radius 3 is 2.90 bits per heavy atom. The van der Waals surface area contributed by atoms with Gasteiger partial charge < -0.3 is 19.7 Å². The number of ether oxygens (including phenoxy) is 2. The molecule has 2 atom stereocenters. The molecule has 0 spiro atoms. The standard InChI is InChI=1S/C16H22O5/c1-16(19)9-12(21-15(18)10-16)5-3-4-11-6-7-13(17)14(8-11)20-2/h6-8,12,17,19H,3-5,9-10H2,1-2H3. The lowest BCUT2D eigenvalue weighted by atomic mass is 9.90. The third kappa shape index (κ3) is 4.36. The SMILES string of the molecule is COc1cc(CCCC2CC(C)(O)CC(=O)O2)ccc1O. The number of benzene rings is 1. The first-order chi connectivity index (χ1) is 9.89. The van der Waals surface area contributed by atoms with E-state index in [1.807, 2.05) is 6.07 Å².